The summed E-state index contributed by atoms with van der Waals surface area (Å²) in [5.41, 5.74) is -0.0610. The number of likely N-dealkylation sites (N-methyl/N-ethyl adjacent to an activating group) is 1. The lowest BCUT2D eigenvalue weighted by atomic mass is 9.71. The van der Waals surface area contributed by atoms with Crippen molar-refractivity contribution in [3.63, 3.8) is 0 Å². The first-order valence-corrected chi connectivity index (χ1v) is 22.6. The summed E-state index contributed by atoms with van der Waals surface area (Å²) >= 11 is 0. The maximum atomic E-state index is 13.2. The zero-order valence-electron chi connectivity index (χ0n) is 34.6. The fourth-order valence-corrected chi connectivity index (χ4v) is 10.4. The van der Waals surface area contributed by atoms with E-state index in [0.717, 1.165) is 54.7 Å². The standard InChI is InChI=1S/C21H38NO5P.C19H32NO5P/c1-7-15-21(23,16-8-2)20(18-11-13-19(25-6)14-12-18)17-22(5)28(24,26-9-3)27-10-4;1-5-24-26(22,25-6-2)20(3)15-17-10-7-8-13-19(17,21)16-11-9-12-18(14-16)23-4/h11-14,20,23H,7-10,15-17H2,1-6H3;9,11-12,14,17,21H,5-8,10,13,15H2,1-4H3. The van der Waals surface area contributed by atoms with Gasteiger partial charge in [-0.1, -0.05) is 63.8 Å². The minimum atomic E-state index is -3.41. The van der Waals surface area contributed by atoms with E-state index in [1.807, 2.05) is 48.5 Å². The molecule has 0 saturated heterocycles. The molecule has 2 N–H and O–H groups in total. The van der Waals surface area contributed by atoms with Crippen molar-refractivity contribution in [3.05, 3.63) is 59.7 Å². The Bertz CT molecular complexity index is 1420. The highest BCUT2D eigenvalue weighted by Gasteiger charge is 2.44. The molecule has 3 unspecified atom stereocenters. The van der Waals surface area contributed by atoms with Gasteiger partial charge < -0.3 is 19.7 Å². The number of hydrogen-bond acceptors (Lipinski definition) is 10. The maximum Gasteiger partial charge on any atom is 0.407 e. The molecule has 310 valence electrons. The number of ether oxygens (including phenoxy) is 2. The van der Waals surface area contributed by atoms with Crippen LogP contribution in [-0.2, 0) is 32.8 Å². The quantitative estimate of drug-likeness (QED) is 0.104. The minimum absolute atomic E-state index is 0.0670. The predicted molar refractivity (Wildman–Crippen MR) is 216 cm³/mol. The van der Waals surface area contributed by atoms with E-state index < -0.39 is 26.7 Å². The summed E-state index contributed by atoms with van der Waals surface area (Å²) in [6.07, 6.45) is 6.59. The zero-order chi connectivity index (χ0) is 40.4. The summed E-state index contributed by atoms with van der Waals surface area (Å²) in [5, 5.41) is 23.1. The Morgan fingerprint density at radius 3 is 1.78 bits per heavy atom. The molecule has 1 fully saturated rings. The van der Waals surface area contributed by atoms with Crippen LogP contribution in [-0.4, -0.2) is 93.0 Å². The van der Waals surface area contributed by atoms with Gasteiger partial charge in [-0.2, -0.15) is 0 Å². The van der Waals surface area contributed by atoms with Gasteiger partial charge in [0.25, 0.3) is 0 Å². The molecule has 2 aromatic rings. The molecule has 0 radical (unpaired) electrons. The van der Waals surface area contributed by atoms with Gasteiger partial charge in [0.15, 0.2) is 0 Å². The van der Waals surface area contributed by atoms with Gasteiger partial charge in [-0.15, -0.1) is 0 Å². The first-order valence-electron chi connectivity index (χ1n) is 19.6. The first kappa shape index (κ1) is 48.3. The van der Waals surface area contributed by atoms with Crippen molar-refractivity contribution in [2.75, 3.05) is 67.8 Å². The third-order valence-corrected chi connectivity index (χ3v) is 14.4. The van der Waals surface area contributed by atoms with Gasteiger partial charge in [0.2, 0.25) is 0 Å². The average Bonchev–Trinajstić information content (AvgIpc) is 3.15. The van der Waals surface area contributed by atoms with Gasteiger partial charge in [-0.25, -0.2) is 18.5 Å². The van der Waals surface area contributed by atoms with Crippen LogP contribution in [0.5, 0.6) is 11.5 Å². The molecule has 14 heteroatoms. The van der Waals surface area contributed by atoms with Crippen molar-refractivity contribution < 1.29 is 46.9 Å². The molecule has 0 aromatic heterocycles. The van der Waals surface area contributed by atoms with Crippen LogP contribution >= 0.6 is 15.5 Å². The zero-order valence-corrected chi connectivity index (χ0v) is 36.4. The van der Waals surface area contributed by atoms with Crippen LogP contribution in [0.2, 0.25) is 0 Å². The fourth-order valence-electron chi connectivity index (χ4n) is 7.41. The van der Waals surface area contributed by atoms with Crippen molar-refractivity contribution in [1.29, 1.82) is 0 Å². The second-order valence-corrected chi connectivity index (χ2v) is 18.1. The normalized spacial score (nSPS) is 18.7. The molecule has 0 heterocycles. The molecule has 12 nitrogen and oxygen atoms in total. The van der Waals surface area contributed by atoms with Gasteiger partial charge >= 0.3 is 15.5 Å². The highest BCUT2D eigenvalue weighted by Crippen LogP contribution is 2.54. The summed E-state index contributed by atoms with van der Waals surface area (Å²) in [4.78, 5) is 0. The molecule has 1 aliphatic rings. The van der Waals surface area contributed by atoms with E-state index in [4.69, 9.17) is 27.6 Å². The second-order valence-electron chi connectivity index (χ2n) is 13.8. The highest BCUT2D eigenvalue weighted by atomic mass is 31.2. The SMILES string of the molecule is CCCC(O)(CCC)C(CN(C)P(=O)(OCC)OCC)c1ccc(OC)cc1.CCOP(=O)(OCC)N(C)CC1CCCCC1(O)c1cccc(OC)c1. The van der Waals surface area contributed by atoms with Crippen LogP contribution < -0.4 is 9.47 Å². The Labute approximate surface area is 326 Å². The van der Waals surface area contributed by atoms with Gasteiger partial charge in [-0.3, -0.25) is 18.1 Å². The predicted octanol–water partition coefficient (Wildman–Crippen LogP) is 9.41. The second kappa shape index (κ2) is 23.4. The van der Waals surface area contributed by atoms with Crippen LogP contribution in [0.25, 0.3) is 0 Å². The number of hydrogen-bond donors (Lipinski definition) is 2. The molecule has 3 atom stereocenters. The molecule has 2 aromatic carbocycles. The van der Waals surface area contributed by atoms with Crippen LogP contribution in [0.4, 0.5) is 0 Å². The minimum Gasteiger partial charge on any atom is -0.497 e. The topological polar surface area (TPSA) is 136 Å². The Balaban J connectivity index is 0.000000374. The van der Waals surface area contributed by atoms with Gasteiger partial charge in [0, 0.05) is 24.9 Å². The van der Waals surface area contributed by atoms with E-state index in [1.165, 1.54) is 0 Å². The van der Waals surface area contributed by atoms with E-state index in [0.29, 0.717) is 58.8 Å². The molecule has 1 saturated carbocycles. The molecular formula is C40H70N2O10P2. The molecule has 0 aliphatic heterocycles. The molecule has 1 aliphatic carbocycles. The van der Waals surface area contributed by atoms with Crippen LogP contribution in [0.1, 0.15) is 110 Å². The van der Waals surface area contributed by atoms with Crippen LogP contribution in [0, 0.1) is 5.92 Å². The summed E-state index contributed by atoms with van der Waals surface area (Å²) in [5.74, 6) is 1.18. The monoisotopic (exact) mass is 800 g/mol. The summed E-state index contributed by atoms with van der Waals surface area (Å²) in [6, 6.07) is 15.3. The Morgan fingerprint density at radius 1 is 0.778 bits per heavy atom. The molecule has 0 bridgehead atoms. The van der Waals surface area contributed by atoms with E-state index >= 15 is 0 Å². The Kier molecular flexibility index (Phi) is 21.0. The number of nitrogens with zero attached hydrogens (tertiary/aromatic N) is 2. The van der Waals surface area contributed by atoms with Crippen molar-refractivity contribution in [3.8, 4) is 11.5 Å². The number of rotatable bonds is 23. The van der Waals surface area contributed by atoms with Gasteiger partial charge in [-0.05, 0) is 103 Å². The lowest BCUT2D eigenvalue weighted by Gasteiger charge is -2.42. The largest absolute Gasteiger partial charge is 0.497 e. The lowest BCUT2D eigenvalue weighted by molar-refractivity contribution is -0.0602. The summed E-state index contributed by atoms with van der Waals surface area (Å²) < 4.78 is 62.0. The van der Waals surface area contributed by atoms with E-state index in [1.54, 1.807) is 65.4 Å². The van der Waals surface area contributed by atoms with Gasteiger partial charge in [0.1, 0.15) is 11.5 Å². The fraction of sp³-hybridized carbons (Fsp3) is 0.700. The van der Waals surface area contributed by atoms with Crippen molar-refractivity contribution in [1.82, 2.24) is 9.34 Å². The van der Waals surface area contributed by atoms with Crippen molar-refractivity contribution in [2.45, 2.75) is 110 Å². The molecule has 0 spiro atoms. The summed E-state index contributed by atoms with van der Waals surface area (Å²) in [7, 11) is -0.0219. The number of benzene rings is 2. The van der Waals surface area contributed by atoms with E-state index in [-0.39, 0.29) is 11.8 Å². The molecular weight excluding hydrogens is 730 g/mol. The highest BCUT2D eigenvalue weighted by molar-refractivity contribution is 7.51. The first-order chi connectivity index (χ1) is 25.7. The summed E-state index contributed by atoms with van der Waals surface area (Å²) in [6.45, 7) is 13.3. The Hall–Kier alpha value is -1.82. The van der Waals surface area contributed by atoms with Crippen molar-refractivity contribution in [2.24, 2.45) is 5.92 Å². The lowest BCUT2D eigenvalue weighted by Crippen LogP contribution is -2.43. The molecule has 3 rings (SSSR count). The number of aliphatic hydroxyl groups is 2. The van der Waals surface area contributed by atoms with Crippen molar-refractivity contribution >= 4 is 15.5 Å². The Morgan fingerprint density at radius 2 is 1.30 bits per heavy atom. The molecule has 0 amide bonds. The smallest absolute Gasteiger partial charge is 0.407 e. The van der Waals surface area contributed by atoms with Crippen LogP contribution in [0.15, 0.2) is 48.5 Å². The molecule has 54 heavy (non-hydrogen) atoms. The number of methoxy groups -OCH3 is 2. The van der Waals surface area contributed by atoms with Crippen LogP contribution in [0.3, 0.4) is 0 Å². The third-order valence-electron chi connectivity index (χ3n) is 10.1. The third kappa shape index (κ3) is 13.1. The van der Waals surface area contributed by atoms with Gasteiger partial charge in [0.05, 0.1) is 51.8 Å². The van der Waals surface area contributed by atoms with E-state index in [9.17, 15) is 19.3 Å². The maximum absolute atomic E-state index is 13.2. The average molecular weight is 801 g/mol. The van der Waals surface area contributed by atoms with E-state index in [2.05, 4.69) is 13.8 Å².